The monoisotopic (exact) mass is 321 g/mol. The Labute approximate surface area is 121 Å². The normalized spacial score (nSPS) is 12.2. The molecule has 0 saturated carbocycles. The summed E-state index contributed by atoms with van der Waals surface area (Å²) in [6.45, 7) is 4.38. The second kappa shape index (κ2) is 6.02. The Morgan fingerprint density at radius 1 is 1.26 bits per heavy atom. The number of ether oxygens (including phenoxy) is 1. The number of hydrogen-bond donors (Lipinski definition) is 1. The molecule has 0 aliphatic rings. The lowest BCUT2D eigenvalue weighted by Crippen LogP contribution is -1.97. The van der Waals surface area contributed by atoms with Gasteiger partial charge >= 0.3 is 6.01 Å². The third kappa shape index (κ3) is 3.67. The lowest BCUT2D eigenvalue weighted by atomic mass is 9.99. The Kier molecular flexibility index (Phi) is 4.37. The molecule has 19 heavy (non-hydrogen) atoms. The first-order valence-corrected chi connectivity index (χ1v) is 6.95. The third-order valence-electron chi connectivity index (χ3n) is 2.96. The minimum atomic E-state index is 0.239. The van der Waals surface area contributed by atoms with Gasteiger partial charge in [-0.2, -0.15) is 9.97 Å². The molecule has 0 aliphatic carbocycles. The zero-order chi connectivity index (χ0) is 13.8. The van der Waals surface area contributed by atoms with Gasteiger partial charge in [-0.3, -0.25) is 0 Å². The average molecular weight is 322 g/mol. The van der Waals surface area contributed by atoms with E-state index in [1.54, 1.807) is 6.07 Å². The van der Waals surface area contributed by atoms with E-state index in [9.17, 15) is 0 Å². The summed E-state index contributed by atoms with van der Waals surface area (Å²) in [6, 6.07) is 9.82. The van der Waals surface area contributed by atoms with Gasteiger partial charge in [-0.1, -0.05) is 26.0 Å². The number of nitrogens with two attached hydrogens (primary N) is 1. The van der Waals surface area contributed by atoms with Crippen LogP contribution in [0, 0.1) is 0 Å². The van der Waals surface area contributed by atoms with E-state index in [2.05, 4.69) is 51.9 Å². The van der Waals surface area contributed by atoms with E-state index >= 15 is 0 Å². The molecule has 1 aromatic carbocycles. The molecule has 100 valence electrons. The fourth-order valence-corrected chi connectivity index (χ4v) is 2.05. The zero-order valence-corrected chi connectivity index (χ0v) is 12.5. The van der Waals surface area contributed by atoms with Gasteiger partial charge in [-0.05, 0) is 46.0 Å². The fourth-order valence-electron chi connectivity index (χ4n) is 1.66. The van der Waals surface area contributed by atoms with Crippen molar-refractivity contribution in [3.05, 3.63) is 40.5 Å². The Morgan fingerprint density at radius 2 is 1.95 bits per heavy atom. The lowest BCUT2D eigenvalue weighted by Gasteiger charge is -2.10. The van der Waals surface area contributed by atoms with Crippen molar-refractivity contribution in [2.45, 2.75) is 26.2 Å². The van der Waals surface area contributed by atoms with Crippen LogP contribution in [0.3, 0.4) is 0 Å². The second-order valence-electron chi connectivity index (χ2n) is 4.38. The summed E-state index contributed by atoms with van der Waals surface area (Å²) in [5, 5.41) is 0. The smallest absolute Gasteiger partial charge is 0.325 e. The van der Waals surface area contributed by atoms with Gasteiger partial charge < -0.3 is 10.5 Å². The third-order valence-corrected chi connectivity index (χ3v) is 3.37. The van der Waals surface area contributed by atoms with Crippen LogP contribution in [0.5, 0.6) is 11.8 Å². The largest absolute Gasteiger partial charge is 0.424 e. The number of nitrogens with zero attached hydrogens (tertiary/aromatic N) is 2. The van der Waals surface area contributed by atoms with E-state index in [1.165, 1.54) is 5.56 Å². The van der Waals surface area contributed by atoms with Crippen LogP contribution in [-0.2, 0) is 0 Å². The van der Waals surface area contributed by atoms with Gasteiger partial charge in [0.2, 0.25) is 0 Å². The summed E-state index contributed by atoms with van der Waals surface area (Å²) in [6.07, 6.45) is 1.12. The minimum absolute atomic E-state index is 0.239. The summed E-state index contributed by atoms with van der Waals surface area (Å²) in [7, 11) is 0. The van der Waals surface area contributed by atoms with E-state index in [-0.39, 0.29) is 6.01 Å². The van der Waals surface area contributed by atoms with Gasteiger partial charge in [0.05, 0.1) is 0 Å². The highest BCUT2D eigenvalue weighted by molar-refractivity contribution is 9.10. The first-order valence-electron chi connectivity index (χ1n) is 6.16. The maximum absolute atomic E-state index is 5.63. The molecular formula is C14H16BrN3O. The Hall–Kier alpha value is -1.62. The van der Waals surface area contributed by atoms with E-state index in [1.807, 2.05) is 12.1 Å². The molecule has 2 aromatic rings. The van der Waals surface area contributed by atoms with Crippen molar-refractivity contribution in [2.24, 2.45) is 0 Å². The molecule has 0 aliphatic heterocycles. The summed E-state index contributed by atoms with van der Waals surface area (Å²) in [5.41, 5.74) is 6.93. The highest BCUT2D eigenvalue weighted by atomic mass is 79.9. The van der Waals surface area contributed by atoms with Crippen LogP contribution in [0.2, 0.25) is 0 Å². The SMILES string of the molecule is CCC(C)c1ccc(Oc2nc(N)cc(Br)n2)cc1. The molecule has 2 N–H and O–H groups in total. The van der Waals surface area contributed by atoms with Crippen LogP contribution >= 0.6 is 15.9 Å². The van der Waals surface area contributed by atoms with Crippen molar-refractivity contribution < 1.29 is 4.74 Å². The molecular weight excluding hydrogens is 306 g/mol. The number of rotatable bonds is 4. The maximum atomic E-state index is 5.63. The molecule has 2 rings (SSSR count). The molecule has 5 heteroatoms. The van der Waals surface area contributed by atoms with Gasteiger partial charge in [0.15, 0.2) is 0 Å². The van der Waals surface area contributed by atoms with Crippen molar-refractivity contribution in [1.82, 2.24) is 9.97 Å². The van der Waals surface area contributed by atoms with Gasteiger partial charge in [0.1, 0.15) is 16.2 Å². The molecule has 0 fully saturated rings. The van der Waals surface area contributed by atoms with E-state index in [0.717, 1.165) is 6.42 Å². The van der Waals surface area contributed by atoms with Crippen molar-refractivity contribution in [3.63, 3.8) is 0 Å². The van der Waals surface area contributed by atoms with Crippen molar-refractivity contribution in [3.8, 4) is 11.8 Å². The van der Waals surface area contributed by atoms with Gasteiger partial charge in [-0.15, -0.1) is 0 Å². The Bertz CT molecular complexity index is 537. The van der Waals surface area contributed by atoms with E-state index < -0.39 is 0 Å². The van der Waals surface area contributed by atoms with Gasteiger partial charge in [0.25, 0.3) is 0 Å². The second-order valence-corrected chi connectivity index (χ2v) is 5.19. The number of nitrogen functional groups attached to an aromatic ring is 1. The van der Waals surface area contributed by atoms with Crippen LogP contribution < -0.4 is 10.5 Å². The molecule has 1 heterocycles. The molecule has 0 amide bonds. The number of halogens is 1. The highest BCUT2D eigenvalue weighted by Gasteiger charge is 2.06. The van der Waals surface area contributed by atoms with Gasteiger partial charge in [0, 0.05) is 6.07 Å². The van der Waals surface area contributed by atoms with E-state index in [0.29, 0.717) is 22.1 Å². The summed E-state index contributed by atoms with van der Waals surface area (Å²) in [4.78, 5) is 8.12. The summed E-state index contributed by atoms with van der Waals surface area (Å²) >= 11 is 3.26. The quantitative estimate of drug-likeness (QED) is 0.860. The van der Waals surface area contributed by atoms with Crippen LogP contribution in [0.1, 0.15) is 31.7 Å². The Morgan fingerprint density at radius 3 is 2.53 bits per heavy atom. The molecule has 1 aromatic heterocycles. The summed E-state index contributed by atoms with van der Waals surface area (Å²) < 4.78 is 6.18. The Balaban J connectivity index is 2.15. The fraction of sp³-hybridized carbons (Fsp3) is 0.286. The predicted octanol–water partition coefficient (Wildman–Crippen LogP) is 4.13. The van der Waals surface area contributed by atoms with Crippen molar-refractivity contribution >= 4 is 21.7 Å². The average Bonchev–Trinajstić information content (AvgIpc) is 2.37. The van der Waals surface area contributed by atoms with E-state index in [4.69, 9.17) is 10.5 Å². The standard InChI is InChI=1S/C14H16BrN3O/c1-3-9(2)10-4-6-11(7-5-10)19-14-17-12(15)8-13(16)18-14/h4-9H,3H2,1-2H3,(H2,16,17,18). The first-order chi connectivity index (χ1) is 9.08. The number of anilines is 1. The van der Waals surface area contributed by atoms with Crippen molar-refractivity contribution in [1.29, 1.82) is 0 Å². The zero-order valence-electron chi connectivity index (χ0n) is 10.9. The topological polar surface area (TPSA) is 61.0 Å². The van der Waals surface area contributed by atoms with Gasteiger partial charge in [-0.25, -0.2) is 0 Å². The van der Waals surface area contributed by atoms with Crippen LogP contribution in [0.15, 0.2) is 34.9 Å². The molecule has 4 nitrogen and oxygen atoms in total. The molecule has 1 unspecified atom stereocenters. The molecule has 0 bridgehead atoms. The van der Waals surface area contributed by atoms with Crippen LogP contribution in [-0.4, -0.2) is 9.97 Å². The lowest BCUT2D eigenvalue weighted by molar-refractivity contribution is 0.441. The van der Waals surface area contributed by atoms with Crippen LogP contribution in [0.4, 0.5) is 5.82 Å². The summed E-state index contributed by atoms with van der Waals surface area (Å²) in [5.74, 6) is 1.62. The predicted molar refractivity (Wildman–Crippen MR) is 79.4 cm³/mol. The number of benzene rings is 1. The number of aromatic nitrogens is 2. The maximum Gasteiger partial charge on any atom is 0.325 e. The first kappa shape index (κ1) is 13.8. The minimum Gasteiger partial charge on any atom is -0.424 e. The van der Waals surface area contributed by atoms with Crippen molar-refractivity contribution in [2.75, 3.05) is 5.73 Å². The number of hydrogen-bond acceptors (Lipinski definition) is 4. The molecule has 0 radical (unpaired) electrons. The molecule has 1 atom stereocenters. The highest BCUT2D eigenvalue weighted by Crippen LogP contribution is 2.24. The molecule has 0 spiro atoms. The van der Waals surface area contributed by atoms with Crippen LogP contribution in [0.25, 0.3) is 0 Å². The molecule has 0 saturated heterocycles.